The molecule has 7 heteroatoms. The summed E-state index contributed by atoms with van der Waals surface area (Å²) in [6.45, 7) is 3.71. The summed E-state index contributed by atoms with van der Waals surface area (Å²) in [7, 11) is 1.91. The minimum atomic E-state index is -0.570. The largest absolute Gasteiger partial charge is 0.482 e. The van der Waals surface area contributed by atoms with Crippen molar-refractivity contribution in [3.63, 3.8) is 0 Å². The smallest absolute Gasteiger partial charge is 0.213 e. The number of aromatic amines is 1. The van der Waals surface area contributed by atoms with Crippen LogP contribution in [0.2, 0.25) is 0 Å². The molecule has 2 aliphatic heterocycles. The first-order valence-electron chi connectivity index (χ1n) is 10.6. The van der Waals surface area contributed by atoms with Gasteiger partial charge in [0, 0.05) is 25.5 Å². The standard InChI is InChI=1S/C24H23N5O2/c1-14-5-3-8-17-18(14)20-19(24(31-17)9-11-25-12-10-24)21(28-27-20)23(30)15-6-4-7-16-22(15)29(2)13-26-16/h3-8,13,25H,9-12H2,1-2H3,(H,27,28). The summed E-state index contributed by atoms with van der Waals surface area (Å²) >= 11 is 0. The Labute approximate surface area is 179 Å². The fourth-order valence-electron chi connectivity index (χ4n) is 5.13. The number of hydrogen-bond donors (Lipinski definition) is 2. The van der Waals surface area contributed by atoms with Crippen LogP contribution in [0.15, 0.2) is 42.7 Å². The summed E-state index contributed by atoms with van der Waals surface area (Å²) < 4.78 is 8.57. The molecule has 2 aromatic heterocycles. The third-order valence-corrected chi connectivity index (χ3v) is 6.62. The maximum Gasteiger partial charge on any atom is 0.213 e. The van der Waals surface area contributed by atoms with Gasteiger partial charge in [-0.15, -0.1) is 0 Å². The highest BCUT2D eigenvalue weighted by Crippen LogP contribution is 2.50. The zero-order valence-electron chi connectivity index (χ0n) is 17.5. The van der Waals surface area contributed by atoms with Crippen LogP contribution in [0.5, 0.6) is 5.75 Å². The van der Waals surface area contributed by atoms with Gasteiger partial charge in [-0.3, -0.25) is 9.89 Å². The number of carbonyl (C=O) groups excluding carboxylic acids is 1. The Balaban J connectivity index is 1.60. The second-order valence-corrected chi connectivity index (χ2v) is 8.47. The van der Waals surface area contributed by atoms with E-state index in [-0.39, 0.29) is 5.78 Å². The average molecular weight is 413 g/mol. The lowest BCUT2D eigenvalue weighted by atomic mass is 9.78. The number of benzene rings is 2. The van der Waals surface area contributed by atoms with E-state index in [0.29, 0.717) is 11.3 Å². The summed E-state index contributed by atoms with van der Waals surface area (Å²) in [5, 5.41) is 11.2. The number of aryl methyl sites for hydroxylation is 2. The summed E-state index contributed by atoms with van der Waals surface area (Å²) in [5.74, 6) is 0.759. The van der Waals surface area contributed by atoms with E-state index in [1.165, 1.54) is 0 Å². The fourth-order valence-corrected chi connectivity index (χ4v) is 5.13. The number of ketones is 1. The summed E-state index contributed by atoms with van der Waals surface area (Å²) in [6, 6.07) is 11.7. The van der Waals surface area contributed by atoms with E-state index in [1.807, 2.05) is 41.9 Å². The lowest BCUT2D eigenvalue weighted by molar-refractivity contribution is 0.0298. The molecule has 1 fully saturated rings. The lowest BCUT2D eigenvalue weighted by Crippen LogP contribution is -2.46. The van der Waals surface area contributed by atoms with E-state index in [4.69, 9.17) is 4.74 Å². The third kappa shape index (κ3) is 2.53. The van der Waals surface area contributed by atoms with Crippen LogP contribution < -0.4 is 10.1 Å². The van der Waals surface area contributed by atoms with Crippen LogP contribution in [-0.2, 0) is 12.6 Å². The van der Waals surface area contributed by atoms with Gasteiger partial charge in [0.15, 0.2) is 0 Å². The lowest BCUT2D eigenvalue weighted by Gasteiger charge is -2.42. The van der Waals surface area contributed by atoms with Crippen molar-refractivity contribution >= 4 is 16.8 Å². The van der Waals surface area contributed by atoms with Gasteiger partial charge in [0.1, 0.15) is 22.7 Å². The van der Waals surface area contributed by atoms with Gasteiger partial charge in [0.2, 0.25) is 5.78 Å². The first-order chi connectivity index (χ1) is 15.1. The van der Waals surface area contributed by atoms with Crippen LogP contribution in [-0.4, -0.2) is 38.6 Å². The molecule has 0 unspecified atom stereocenters. The number of para-hydroxylation sites is 1. The predicted molar refractivity (Wildman–Crippen MR) is 117 cm³/mol. The normalized spacial score (nSPS) is 16.7. The number of fused-ring (bicyclic) bond motifs is 5. The molecule has 0 aliphatic carbocycles. The van der Waals surface area contributed by atoms with Crippen molar-refractivity contribution in [1.29, 1.82) is 0 Å². The van der Waals surface area contributed by atoms with E-state index < -0.39 is 5.60 Å². The van der Waals surface area contributed by atoms with E-state index in [2.05, 4.69) is 33.5 Å². The number of ether oxygens (including phenoxy) is 1. The van der Waals surface area contributed by atoms with Crippen molar-refractivity contribution in [2.45, 2.75) is 25.4 Å². The Morgan fingerprint density at radius 3 is 2.81 bits per heavy atom. The van der Waals surface area contributed by atoms with Gasteiger partial charge in [-0.2, -0.15) is 5.10 Å². The molecule has 2 aromatic carbocycles. The van der Waals surface area contributed by atoms with Gasteiger partial charge in [-0.1, -0.05) is 18.2 Å². The first-order valence-corrected chi connectivity index (χ1v) is 10.6. The number of carbonyl (C=O) groups is 1. The average Bonchev–Trinajstić information content (AvgIpc) is 3.39. The van der Waals surface area contributed by atoms with Crippen molar-refractivity contribution < 1.29 is 9.53 Å². The molecule has 0 amide bonds. The second-order valence-electron chi connectivity index (χ2n) is 8.47. The van der Waals surface area contributed by atoms with Crippen LogP contribution in [0.3, 0.4) is 0 Å². The molecule has 7 nitrogen and oxygen atoms in total. The molecule has 6 rings (SSSR count). The van der Waals surface area contributed by atoms with Gasteiger partial charge in [-0.25, -0.2) is 4.98 Å². The highest BCUT2D eigenvalue weighted by atomic mass is 16.5. The van der Waals surface area contributed by atoms with Crippen molar-refractivity contribution in [2.24, 2.45) is 7.05 Å². The van der Waals surface area contributed by atoms with Crippen molar-refractivity contribution in [3.05, 3.63) is 65.1 Å². The number of imidazole rings is 1. The molecule has 0 bridgehead atoms. The molecular formula is C24H23N5O2. The Kier molecular flexibility index (Phi) is 3.86. The van der Waals surface area contributed by atoms with Crippen LogP contribution in [0.1, 0.15) is 40.0 Å². The molecule has 0 atom stereocenters. The molecule has 0 radical (unpaired) electrons. The minimum absolute atomic E-state index is 0.0820. The molecule has 0 saturated carbocycles. The van der Waals surface area contributed by atoms with Crippen molar-refractivity contribution in [1.82, 2.24) is 25.1 Å². The highest BCUT2D eigenvalue weighted by molar-refractivity contribution is 6.15. The maximum absolute atomic E-state index is 13.9. The molecular weight excluding hydrogens is 390 g/mol. The predicted octanol–water partition coefficient (Wildman–Crippen LogP) is 3.47. The molecule has 4 aromatic rings. The van der Waals surface area contributed by atoms with E-state index in [0.717, 1.165) is 65.1 Å². The van der Waals surface area contributed by atoms with Gasteiger partial charge < -0.3 is 14.6 Å². The Morgan fingerprint density at radius 2 is 1.97 bits per heavy atom. The Hall–Kier alpha value is -3.45. The quantitative estimate of drug-likeness (QED) is 0.492. The number of H-pyrrole nitrogens is 1. The topological polar surface area (TPSA) is 84.8 Å². The third-order valence-electron chi connectivity index (χ3n) is 6.62. The number of piperidine rings is 1. The summed E-state index contributed by atoms with van der Waals surface area (Å²) in [6.07, 6.45) is 3.30. The molecule has 1 saturated heterocycles. The van der Waals surface area contributed by atoms with Gasteiger partial charge in [0.25, 0.3) is 0 Å². The highest BCUT2D eigenvalue weighted by Gasteiger charge is 2.47. The number of rotatable bonds is 2. The molecule has 31 heavy (non-hydrogen) atoms. The fraction of sp³-hybridized carbons (Fsp3) is 0.292. The zero-order valence-corrected chi connectivity index (χ0v) is 17.5. The number of nitrogens with zero attached hydrogens (tertiary/aromatic N) is 3. The van der Waals surface area contributed by atoms with Gasteiger partial charge in [-0.05, 0) is 43.8 Å². The number of hydrogen-bond acceptors (Lipinski definition) is 5. The Morgan fingerprint density at radius 1 is 1.16 bits per heavy atom. The van der Waals surface area contributed by atoms with Crippen molar-refractivity contribution in [2.75, 3.05) is 13.1 Å². The monoisotopic (exact) mass is 413 g/mol. The molecule has 1 spiro atoms. The molecule has 156 valence electrons. The van der Waals surface area contributed by atoms with Crippen LogP contribution in [0.25, 0.3) is 22.3 Å². The molecule has 2 aliphatic rings. The van der Waals surface area contributed by atoms with Gasteiger partial charge in [0.05, 0.1) is 28.5 Å². The zero-order chi connectivity index (χ0) is 21.2. The van der Waals surface area contributed by atoms with Crippen LogP contribution in [0, 0.1) is 6.92 Å². The van der Waals surface area contributed by atoms with E-state index >= 15 is 0 Å². The molecule has 2 N–H and O–H groups in total. The maximum atomic E-state index is 13.9. The molecule has 4 heterocycles. The van der Waals surface area contributed by atoms with E-state index in [9.17, 15) is 4.79 Å². The van der Waals surface area contributed by atoms with Gasteiger partial charge >= 0.3 is 0 Å². The number of nitrogens with one attached hydrogen (secondary N) is 2. The summed E-state index contributed by atoms with van der Waals surface area (Å²) in [4.78, 5) is 18.3. The minimum Gasteiger partial charge on any atom is -0.482 e. The SMILES string of the molecule is Cc1cccc2c1-c1n[nH]c(C(=O)c3cccc4ncn(C)c34)c1C1(CCNCC1)O2. The number of aromatic nitrogens is 4. The van der Waals surface area contributed by atoms with Crippen LogP contribution >= 0.6 is 0 Å². The first kappa shape index (κ1) is 18.3. The van der Waals surface area contributed by atoms with Crippen molar-refractivity contribution in [3.8, 4) is 17.0 Å². The van der Waals surface area contributed by atoms with E-state index in [1.54, 1.807) is 6.33 Å². The van der Waals surface area contributed by atoms with Crippen LogP contribution in [0.4, 0.5) is 0 Å². The Bertz CT molecular complexity index is 1340. The summed E-state index contributed by atoms with van der Waals surface area (Å²) in [5.41, 5.74) is 5.96. The second kappa shape index (κ2) is 6.52.